The van der Waals surface area contributed by atoms with Crippen LogP contribution in [-0.4, -0.2) is 23.9 Å². The van der Waals surface area contributed by atoms with Gasteiger partial charge in [0.1, 0.15) is 11.1 Å². The van der Waals surface area contributed by atoms with E-state index in [2.05, 4.69) is 12.1 Å². The number of benzene rings is 2. The highest BCUT2D eigenvalue weighted by molar-refractivity contribution is 5.96. The fourth-order valence-corrected chi connectivity index (χ4v) is 3.32. The molecule has 1 aromatic heterocycles. The van der Waals surface area contributed by atoms with Crippen molar-refractivity contribution in [3.05, 3.63) is 82.2 Å². The standard InChI is InChI=1S/C20H17NO3/c22-19(17-12-15-8-4-5-9-18(15)24-20(17)23)21-11-10-16(13-21)14-6-2-1-3-7-14/h1-9,12,16H,10-11,13H2. The van der Waals surface area contributed by atoms with E-state index in [1.54, 1.807) is 23.1 Å². The second kappa shape index (κ2) is 5.96. The van der Waals surface area contributed by atoms with Crippen LogP contribution in [0.25, 0.3) is 11.0 Å². The van der Waals surface area contributed by atoms with E-state index in [-0.39, 0.29) is 11.5 Å². The lowest BCUT2D eigenvalue weighted by Crippen LogP contribution is -2.32. The molecule has 1 unspecified atom stereocenters. The summed E-state index contributed by atoms with van der Waals surface area (Å²) in [6.07, 6.45) is 0.911. The minimum absolute atomic E-state index is 0.113. The molecule has 2 aromatic carbocycles. The van der Waals surface area contributed by atoms with Crippen LogP contribution in [0.15, 0.2) is 69.9 Å². The van der Waals surface area contributed by atoms with Gasteiger partial charge >= 0.3 is 5.63 Å². The van der Waals surface area contributed by atoms with E-state index in [0.717, 1.165) is 11.8 Å². The van der Waals surface area contributed by atoms with E-state index in [9.17, 15) is 9.59 Å². The van der Waals surface area contributed by atoms with E-state index < -0.39 is 5.63 Å². The predicted molar refractivity (Wildman–Crippen MR) is 92.2 cm³/mol. The zero-order chi connectivity index (χ0) is 16.5. The van der Waals surface area contributed by atoms with Gasteiger partial charge in [-0.05, 0) is 24.1 Å². The monoisotopic (exact) mass is 319 g/mol. The summed E-state index contributed by atoms with van der Waals surface area (Å²) >= 11 is 0. The molecule has 1 saturated heterocycles. The minimum atomic E-state index is -0.568. The Labute approximate surface area is 139 Å². The Bertz CT molecular complexity index is 946. The largest absolute Gasteiger partial charge is 0.422 e. The second-order valence-corrected chi connectivity index (χ2v) is 6.13. The highest BCUT2D eigenvalue weighted by atomic mass is 16.4. The molecule has 2 heterocycles. The average molecular weight is 319 g/mol. The van der Waals surface area contributed by atoms with Crippen LogP contribution < -0.4 is 5.63 Å². The summed E-state index contributed by atoms with van der Waals surface area (Å²) in [5.41, 5.74) is 1.28. The van der Waals surface area contributed by atoms with Gasteiger partial charge in [0, 0.05) is 24.4 Å². The summed E-state index contributed by atoms with van der Waals surface area (Å²) in [5.74, 6) is 0.0792. The number of fused-ring (bicyclic) bond motifs is 1. The first kappa shape index (κ1) is 14.7. The van der Waals surface area contributed by atoms with Crippen molar-refractivity contribution in [3.63, 3.8) is 0 Å². The smallest absolute Gasteiger partial charge is 0.349 e. The third-order valence-electron chi connectivity index (χ3n) is 4.62. The molecule has 0 saturated carbocycles. The Kier molecular flexibility index (Phi) is 3.65. The Morgan fingerprint density at radius 1 is 1.04 bits per heavy atom. The fourth-order valence-electron chi connectivity index (χ4n) is 3.32. The maximum Gasteiger partial charge on any atom is 0.349 e. The van der Waals surface area contributed by atoms with Gasteiger partial charge in [0.05, 0.1) is 0 Å². The van der Waals surface area contributed by atoms with Crippen molar-refractivity contribution in [3.8, 4) is 0 Å². The van der Waals surface area contributed by atoms with Crippen LogP contribution in [0.2, 0.25) is 0 Å². The lowest BCUT2D eigenvalue weighted by atomic mass is 9.99. The van der Waals surface area contributed by atoms with Gasteiger partial charge in [-0.1, -0.05) is 48.5 Å². The van der Waals surface area contributed by atoms with Crippen molar-refractivity contribution < 1.29 is 9.21 Å². The van der Waals surface area contributed by atoms with Crippen LogP contribution in [0.5, 0.6) is 0 Å². The molecule has 4 rings (SSSR count). The molecule has 1 aliphatic rings. The number of carbonyl (C=O) groups is 1. The first-order chi connectivity index (χ1) is 11.7. The molecule has 1 atom stereocenters. The van der Waals surface area contributed by atoms with E-state index in [1.807, 2.05) is 30.3 Å². The van der Waals surface area contributed by atoms with Gasteiger partial charge in [-0.3, -0.25) is 4.79 Å². The first-order valence-electron chi connectivity index (χ1n) is 8.09. The van der Waals surface area contributed by atoms with Crippen molar-refractivity contribution in [2.24, 2.45) is 0 Å². The number of carbonyl (C=O) groups excluding carboxylic acids is 1. The van der Waals surface area contributed by atoms with Crippen LogP contribution in [0, 0.1) is 0 Å². The van der Waals surface area contributed by atoms with Gasteiger partial charge in [-0.2, -0.15) is 0 Å². The molecule has 3 aromatic rings. The third-order valence-corrected chi connectivity index (χ3v) is 4.62. The van der Waals surface area contributed by atoms with Crippen molar-refractivity contribution >= 4 is 16.9 Å². The number of likely N-dealkylation sites (tertiary alicyclic amines) is 1. The summed E-state index contributed by atoms with van der Waals surface area (Å²) in [6, 6.07) is 19.1. The second-order valence-electron chi connectivity index (χ2n) is 6.13. The average Bonchev–Trinajstić information content (AvgIpc) is 3.11. The normalized spacial score (nSPS) is 17.3. The van der Waals surface area contributed by atoms with Crippen LogP contribution in [-0.2, 0) is 0 Å². The molecule has 24 heavy (non-hydrogen) atoms. The molecule has 1 fully saturated rings. The van der Waals surface area contributed by atoms with Crippen molar-refractivity contribution in [1.29, 1.82) is 0 Å². The number of amides is 1. The summed E-state index contributed by atoms with van der Waals surface area (Å²) in [4.78, 5) is 26.7. The van der Waals surface area contributed by atoms with E-state index >= 15 is 0 Å². The lowest BCUT2D eigenvalue weighted by Gasteiger charge is -2.16. The van der Waals surface area contributed by atoms with Gasteiger partial charge < -0.3 is 9.32 Å². The molecule has 0 radical (unpaired) electrons. The molecule has 120 valence electrons. The molecular formula is C20H17NO3. The van der Waals surface area contributed by atoms with Crippen LogP contribution in [0.4, 0.5) is 0 Å². The van der Waals surface area contributed by atoms with Crippen LogP contribution >= 0.6 is 0 Å². The van der Waals surface area contributed by atoms with E-state index in [4.69, 9.17) is 4.42 Å². The van der Waals surface area contributed by atoms with Gasteiger partial charge in [0.15, 0.2) is 0 Å². The number of nitrogens with zero attached hydrogens (tertiary/aromatic N) is 1. The van der Waals surface area contributed by atoms with E-state index in [0.29, 0.717) is 24.6 Å². The predicted octanol–water partition coefficient (Wildman–Crippen LogP) is 3.42. The number of hydrogen-bond donors (Lipinski definition) is 0. The number of rotatable bonds is 2. The fraction of sp³-hybridized carbons (Fsp3) is 0.200. The molecule has 0 spiro atoms. The molecule has 1 aliphatic heterocycles. The number of para-hydroxylation sites is 1. The molecule has 0 aliphatic carbocycles. The Morgan fingerprint density at radius 3 is 2.62 bits per heavy atom. The quantitative estimate of drug-likeness (QED) is 0.680. The Morgan fingerprint density at radius 2 is 1.79 bits per heavy atom. The van der Waals surface area contributed by atoms with E-state index in [1.165, 1.54) is 5.56 Å². The SMILES string of the molecule is O=C(c1cc2ccccc2oc1=O)N1CCC(c2ccccc2)C1. The summed E-state index contributed by atoms with van der Waals surface area (Å²) in [6.45, 7) is 1.29. The van der Waals surface area contributed by atoms with Gasteiger partial charge in [0.2, 0.25) is 0 Å². The Balaban J connectivity index is 1.61. The van der Waals surface area contributed by atoms with Gasteiger partial charge in [-0.15, -0.1) is 0 Å². The van der Waals surface area contributed by atoms with Crippen molar-refractivity contribution in [2.45, 2.75) is 12.3 Å². The van der Waals surface area contributed by atoms with Gasteiger partial charge in [0.25, 0.3) is 5.91 Å². The van der Waals surface area contributed by atoms with Crippen LogP contribution in [0.3, 0.4) is 0 Å². The third kappa shape index (κ3) is 2.60. The number of hydrogen-bond acceptors (Lipinski definition) is 3. The van der Waals surface area contributed by atoms with Crippen LogP contribution in [0.1, 0.15) is 28.3 Å². The molecule has 1 amide bonds. The topological polar surface area (TPSA) is 50.5 Å². The molecule has 4 nitrogen and oxygen atoms in total. The molecule has 0 N–H and O–H groups in total. The van der Waals surface area contributed by atoms with Crippen molar-refractivity contribution in [1.82, 2.24) is 4.90 Å². The summed E-state index contributed by atoms with van der Waals surface area (Å²) in [7, 11) is 0. The minimum Gasteiger partial charge on any atom is -0.422 e. The zero-order valence-corrected chi connectivity index (χ0v) is 13.1. The maximum absolute atomic E-state index is 12.8. The highest BCUT2D eigenvalue weighted by Crippen LogP contribution is 2.28. The highest BCUT2D eigenvalue weighted by Gasteiger charge is 2.29. The summed E-state index contributed by atoms with van der Waals surface area (Å²) < 4.78 is 5.28. The Hall–Kier alpha value is -2.88. The molecule has 4 heteroatoms. The molecule has 0 bridgehead atoms. The zero-order valence-electron chi connectivity index (χ0n) is 13.1. The lowest BCUT2D eigenvalue weighted by molar-refractivity contribution is 0.0787. The first-order valence-corrected chi connectivity index (χ1v) is 8.09. The van der Waals surface area contributed by atoms with Gasteiger partial charge in [-0.25, -0.2) is 4.79 Å². The summed E-state index contributed by atoms with van der Waals surface area (Å²) in [5, 5.41) is 0.763. The maximum atomic E-state index is 12.8. The molecular weight excluding hydrogens is 302 g/mol. The van der Waals surface area contributed by atoms with Crippen molar-refractivity contribution in [2.75, 3.05) is 13.1 Å².